The molecule has 0 aliphatic heterocycles. The Morgan fingerprint density at radius 2 is 2.17 bits per heavy atom. The largest absolute Gasteiger partial charge is 0.491 e. The lowest BCUT2D eigenvalue weighted by atomic mass is 9.98. The molecule has 0 unspecified atom stereocenters. The number of nitriles is 1. The van der Waals surface area contributed by atoms with E-state index in [1.54, 1.807) is 18.2 Å². The predicted octanol–water partition coefficient (Wildman–Crippen LogP) is 3.88. The molecule has 1 fully saturated rings. The van der Waals surface area contributed by atoms with Crippen molar-refractivity contribution < 1.29 is 14.3 Å². The van der Waals surface area contributed by atoms with Gasteiger partial charge in [-0.1, -0.05) is 6.92 Å². The highest BCUT2D eigenvalue weighted by Crippen LogP contribution is 2.42. The average molecular weight is 330 g/mol. The van der Waals surface area contributed by atoms with E-state index < -0.39 is 5.60 Å². The maximum Gasteiger partial charge on any atom is 0.256 e. The van der Waals surface area contributed by atoms with E-state index in [0.717, 1.165) is 19.3 Å². The molecule has 5 heteroatoms. The summed E-state index contributed by atoms with van der Waals surface area (Å²) in [6.45, 7) is 8.21. The molecule has 1 amide bonds. The summed E-state index contributed by atoms with van der Waals surface area (Å²) in [5.41, 5.74) is 0.0391. The van der Waals surface area contributed by atoms with Gasteiger partial charge in [-0.2, -0.15) is 5.26 Å². The van der Waals surface area contributed by atoms with E-state index in [0.29, 0.717) is 23.6 Å². The summed E-state index contributed by atoms with van der Waals surface area (Å²) < 4.78 is 11.5. The SMILES string of the molecule is CCO[C@@](C)(C(=O)Nc1ccc(O[C@@H](C)CC)cc1C#N)C1CC1. The fourth-order valence-corrected chi connectivity index (χ4v) is 2.66. The van der Waals surface area contributed by atoms with Crippen molar-refractivity contribution in [3.05, 3.63) is 23.8 Å². The Morgan fingerprint density at radius 3 is 2.71 bits per heavy atom. The van der Waals surface area contributed by atoms with Crippen molar-refractivity contribution in [2.75, 3.05) is 11.9 Å². The Labute approximate surface area is 144 Å². The molecule has 0 saturated heterocycles. The van der Waals surface area contributed by atoms with E-state index in [1.165, 1.54) is 0 Å². The van der Waals surface area contributed by atoms with Gasteiger partial charge in [-0.3, -0.25) is 4.79 Å². The highest BCUT2D eigenvalue weighted by atomic mass is 16.5. The lowest BCUT2D eigenvalue weighted by Gasteiger charge is -2.28. The molecule has 130 valence electrons. The zero-order valence-electron chi connectivity index (χ0n) is 14.9. The van der Waals surface area contributed by atoms with Crippen molar-refractivity contribution >= 4 is 11.6 Å². The topological polar surface area (TPSA) is 71.3 Å². The monoisotopic (exact) mass is 330 g/mol. The summed E-state index contributed by atoms with van der Waals surface area (Å²) in [5.74, 6) is 0.684. The summed E-state index contributed by atoms with van der Waals surface area (Å²) in [6, 6.07) is 7.28. The predicted molar refractivity (Wildman–Crippen MR) is 92.9 cm³/mol. The third-order valence-corrected chi connectivity index (χ3v) is 4.52. The Hall–Kier alpha value is -2.06. The quantitative estimate of drug-likeness (QED) is 0.785. The molecule has 1 aromatic rings. The molecule has 2 atom stereocenters. The summed E-state index contributed by atoms with van der Waals surface area (Å²) in [4.78, 5) is 12.7. The number of nitrogens with one attached hydrogen (secondary N) is 1. The Balaban J connectivity index is 2.16. The van der Waals surface area contributed by atoms with Crippen LogP contribution < -0.4 is 10.1 Å². The molecule has 1 saturated carbocycles. The Kier molecular flexibility index (Phi) is 5.84. The Bertz CT molecular complexity index is 634. The van der Waals surface area contributed by atoms with Gasteiger partial charge in [0.1, 0.15) is 17.4 Å². The summed E-state index contributed by atoms with van der Waals surface area (Å²) >= 11 is 0. The van der Waals surface area contributed by atoms with Gasteiger partial charge < -0.3 is 14.8 Å². The standard InChI is InChI=1S/C19H26N2O3/c1-5-13(3)24-16-9-10-17(14(11-16)12-20)21-18(22)19(4,23-6-2)15-7-8-15/h9-11,13,15H,5-8H2,1-4H3,(H,21,22)/t13-,19+/m0/s1. The first-order valence-corrected chi connectivity index (χ1v) is 8.60. The smallest absolute Gasteiger partial charge is 0.256 e. The van der Waals surface area contributed by atoms with Crippen LogP contribution in [0.2, 0.25) is 0 Å². The summed E-state index contributed by atoms with van der Waals surface area (Å²) in [7, 11) is 0. The molecule has 2 rings (SSSR count). The molecule has 0 heterocycles. The number of carbonyl (C=O) groups is 1. The molecule has 5 nitrogen and oxygen atoms in total. The first kappa shape index (κ1) is 18.3. The van der Waals surface area contributed by atoms with E-state index >= 15 is 0 Å². The van der Waals surface area contributed by atoms with Crippen LogP contribution in [0.3, 0.4) is 0 Å². The average Bonchev–Trinajstić information content (AvgIpc) is 3.41. The summed E-state index contributed by atoms with van der Waals surface area (Å²) in [6.07, 6.45) is 2.95. The fraction of sp³-hybridized carbons (Fsp3) is 0.579. The second-order valence-corrected chi connectivity index (χ2v) is 6.42. The third kappa shape index (κ3) is 4.07. The van der Waals surface area contributed by atoms with E-state index in [9.17, 15) is 10.1 Å². The van der Waals surface area contributed by atoms with Gasteiger partial charge in [-0.15, -0.1) is 0 Å². The Morgan fingerprint density at radius 1 is 1.46 bits per heavy atom. The number of hydrogen-bond donors (Lipinski definition) is 1. The van der Waals surface area contributed by atoms with Crippen LogP contribution in [0.25, 0.3) is 0 Å². The molecule has 24 heavy (non-hydrogen) atoms. The summed E-state index contributed by atoms with van der Waals surface area (Å²) in [5, 5.41) is 12.2. The number of nitrogens with zero attached hydrogens (tertiary/aromatic N) is 1. The lowest BCUT2D eigenvalue weighted by Crippen LogP contribution is -2.45. The van der Waals surface area contributed by atoms with Crippen LogP contribution in [0.5, 0.6) is 5.75 Å². The number of hydrogen-bond acceptors (Lipinski definition) is 4. The van der Waals surface area contributed by atoms with Crippen LogP contribution in [0, 0.1) is 17.2 Å². The van der Waals surface area contributed by atoms with Gasteiger partial charge in [0.05, 0.1) is 17.4 Å². The molecular formula is C19H26N2O3. The number of ether oxygens (including phenoxy) is 2. The van der Waals surface area contributed by atoms with E-state index in [2.05, 4.69) is 11.4 Å². The molecule has 0 aromatic heterocycles. The van der Waals surface area contributed by atoms with E-state index in [1.807, 2.05) is 27.7 Å². The second-order valence-electron chi connectivity index (χ2n) is 6.42. The normalized spacial score (nSPS) is 17.5. The zero-order chi connectivity index (χ0) is 17.7. The van der Waals surface area contributed by atoms with Gasteiger partial charge in [0, 0.05) is 12.7 Å². The van der Waals surface area contributed by atoms with Crippen LogP contribution >= 0.6 is 0 Å². The van der Waals surface area contributed by atoms with Gasteiger partial charge in [0.2, 0.25) is 0 Å². The molecule has 0 bridgehead atoms. The number of rotatable bonds is 8. The first-order valence-electron chi connectivity index (χ1n) is 8.60. The number of amides is 1. The van der Waals surface area contributed by atoms with Crippen molar-refractivity contribution in [2.24, 2.45) is 5.92 Å². The van der Waals surface area contributed by atoms with Crippen LogP contribution in [-0.4, -0.2) is 24.2 Å². The second kappa shape index (κ2) is 7.67. The number of carbonyl (C=O) groups excluding carboxylic acids is 1. The van der Waals surface area contributed by atoms with Crippen molar-refractivity contribution in [3.63, 3.8) is 0 Å². The molecule has 1 aliphatic rings. The molecule has 1 aliphatic carbocycles. The van der Waals surface area contributed by atoms with Crippen LogP contribution in [0.1, 0.15) is 52.5 Å². The minimum atomic E-state index is -0.840. The van der Waals surface area contributed by atoms with Gasteiger partial charge >= 0.3 is 0 Å². The lowest BCUT2D eigenvalue weighted by molar-refractivity contribution is -0.141. The van der Waals surface area contributed by atoms with Gasteiger partial charge in [0.25, 0.3) is 5.91 Å². The number of anilines is 1. The van der Waals surface area contributed by atoms with Crippen LogP contribution in [0.4, 0.5) is 5.69 Å². The molecule has 1 N–H and O–H groups in total. The molecular weight excluding hydrogens is 304 g/mol. The van der Waals surface area contributed by atoms with E-state index in [-0.39, 0.29) is 17.9 Å². The molecule has 1 aromatic carbocycles. The van der Waals surface area contributed by atoms with Crippen molar-refractivity contribution in [3.8, 4) is 11.8 Å². The van der Waals surface area contributed by atoms with Gasteiger partial charge in [0.15, 0.2) is 0 Å². The molecule has 0 spiro atoms. The maximum absolute atomic E-state index is 12.7. The van der Waals surface area contributed by atoms with Crippen molar-refractivity contribution in [2.45, 2.75) is 58.7 Å². The van der Waals surface area contributed by atoms with E-state index in [4.69, 9.17) is 9.47 Å². The van der Waals surface area contributed by atoms with Crippen LogP contribution in [0.15, 0.2) is 18.2 Å². The maximum atomic E-state index is 12.7. The minimum absolute atomic E-state index is 0.0769. The highest BCUT2D eigenvalue weighted by Gasteiger charge is 2.48. The molecule has 0 radical (unpaired) electrons. The third-order valence-electron chi connectivity index (χ3n) is 4.52. The highest BCUT2D eigenvalue weighted by molar-refractivity contribution is 5.98. The fourth-order valence-electron chi connectivity index (χ4n) is 2.66. The minimum Gasteiger partial charge on any atom is -0.491 e. The van der Waals surface area contributed by atoms with Crippen LogP contribution in [-0.2, 0) is 9.53 Å². The van der Waals surface area contributed by atoms with Crippen molar-refractivity contribution in [1.29, 1.82) is 5.26 Å². The van der Waals surface area contributed by atoms with Crippen molar-refractivity contribution in [1.82, 2.24) is 0 Å². The van der Waals surface area contributed by atoms with Gasteiger partial charge in [-0.05, 0) is 58.1 Å². The zero-order valence-corrected chi connectivity index (χ0v) is 14.9. The van der Waals surface area contributed by atoms with Gasteiger partial charge in [-0.25, -0.2) is 0 Å². The number of benzene rings is 1. The first-order chi connectivity index (χ1) is 11.4.